The van der Waals surface area contributed by atoms with E-state index < -0.39 is 0 Å². The predicted octanol–water partition coefficient (Wildman–Crippen LogP) is 0.768. The summed E-state index contributed by atoms with van der Waals surface area (Å²) in [6.45, 7) is 3.62. The zero-order chi connectivity index (χ0) is 8.32. The molecular formula is C8H16O3. The first-order valence-electron chi connectivity index (χ1n) is 4.04. The fourth-order valence-corrected chi connectivity index (χ4v) is 1.37. The lowest BCUT2D eigenvalue weighted by atomic mass is 10.2. The lowest BCUT2D eigenvalue weighted by Crippen LogP contribution is -2.27. The topological polar surface area (TPSA) is 38.7 Å². The summed E-state index contributed by atoms with van der Waals surface area (Å²) in [6, 6.07) is 0. The molecule has 2 fully saturated rings. The monoisotopic (exact) mass is 160 g/mol. The second-order valence-corrected chi connectivity index (χ2v) is 2.99. The van der Waals surface area contributed by atoms with Gasteiger partial charge < -0.3 is 14.6 Å². The van der Waals surface area contributed by atoms with E-state index in [4.69, 9.17) is 14.6 Å². The smallest absolute Gasteiger partial charge is 0.168 e. The van der Waals surface area contributed by atoms with E-state index in [0.717, 1.165) is 20.3 Å². The molecule has 3 heteroatoms. The molecule has 2 rings (SSSR count). The van der Waals surface area contributed by atoms with Crippen LogP contribution in [-0.2, 0) is 9.47 Å². The third-order valence-corrected chi connectivity index (χ3v) is 2.18. The lowest BCUT2D eigenvalue weighted by Gasteiger charge is -2.20. The quantitative estimate of drug-likeness (QED) is 0.615. The van der Waals surface area contributed by atoms with Gasteiger partial charge in [0.1, 0.15) is 0 Å². The van der Waals surface area contributed by atoms with E-state index in [1.54, 1.807) is 0 Å². The summed E-state index contributed by atoms with van der Waals surface area (Å²) in [5.41, 5.74) is 0. The van der Waals surface area contributed by atoms with Crippen LogP contribution in [0, 0.1) is 5.92 Å². The van der Waals surface area contributed by atoms with Crippen LogP contribution in [0.3, 0.4) is 0 Å². The van der Waals surface area contributed by atoms with Crippen LogP contribution in [-0.4, -0.2) is 31.2 Å². The molecule has 1 saturated carbocycles. The van der Waals surface area contributed by atoms with Crippen LogP contribution < -0.4 is 0 Å². The molecule has 0 aromatic carbocycles. The van der Waals surface area contributed by atoms with Gasteiger partial charge in [-0.15, -0.1) is 0 Å². The van der Waals surface area contributed by atoms with Crippen molar-refractivity contribution in [3.8, 4) is 0 Å². The van der Waals surface area contributed by atoms with Crippen LogP contribution in [0.25, 0.3) is 0 Å². The molecule has 0 atom stereocenters. The van der Waals surface area contributed by atoms with E-state index in [9.17, 15) is 0 Å². The minimum Gasteiger partial charge on any atom is -0.400 e. The molecule has 0 radical (unpaired) electrons. The van der Waals surface area contributed by atoms with Crippen LogP contribution >= 0.6 is 0 Å². The first-order valence-corrected chi connectivity index (χ1v) is 4.04. The van der Waals surface area contributed by atoms with E-state index in [2.05, 4.69) is 6.92 Å². The maximum absolute atomic E-state index is 7.00. The Balaban J connectivity index is 0.000000281. The second-order valence-electron chi connectivity index (χ2n) is 2.99. The van der Waals surface area contributed by atoms with Crippen molar-refractivity contribution in [1.29, 1.82) is 0 Å². The molecule has 2 aliphatic rings. The third kappa shape index (κ3) is 1.92. The van der Waals surface area contributed by atoms with Gasteiger partial charge >= 0.3 is 0 Å². The van der Waals surface area contributed by atoms with Gasteiger partial charge in [-0.2, -0.15) is 0 Å². The molecule has 11 heavy (non-hydrogen) atoms. The van der Waals surface area contributed by atoms with Crippen molar-refractivity contribution in [2.24, 2.45) is 5.92 Å². The Bertz CT molecular complexity index is 115. The molecule has 0 aromatic heterocycles. The van der Waals surface area contributed by atoms with Crippen LogP contribution in [0.4, 0.5) is 0 Å². The van der Waals surface area contributed by atoms with Crippen molar-refractivity contribution in [1.82, 2.24) is 0 Å². The van der Waals surface area contributed by atoms with Gasteiger partial charge in [0.05, 0.1) is 13.2 Å². The van der Waals surface area contributed by atoms with Crippen LogP contribution in [0.1, 0.15) is 19.8 Å². The van der Waals surface area contributed by atoms with Gasteiger partial charge in [0.2, 0.25) is 0 Å². The minimum atomic E-state index is -0.194. The summed E-state index contributed by atoms with van der Waals surface area (Å²) in [4.78, 5) is 0. The van der Waals surface area contributed by atoms with Gasteiger partial charge in [0, 0.05) is 13.0 Å². The zero-order valence-electron chi connectivity index (χ0n) is 7.17. The Morgan fingerprint density at radius 2 is 1.64 bits per heavy atom. The molecule has 1 aliphatic heterocycles. The Kier molecular flexibility index (Phi) is 2.87. The molecule has 0 unspecified atom stereocenters. The van der Waals surface area contributed by atoms with E-state index in [-0.39, 0.29) is 5.79 Å². The molecular weight excluding hydrogens is 144 g/mol. The van der Waals surface area contributed by atoms with Crippen LogP contribution in [0.2, 0.25) is 0 Å². The van der Waals surface area contributed by atoms with Gasteiger partial charge in [-0.05, 0) is 19.8 Å². The Morgan fingerprint density at radius 3 is 2.00 bits per heavy atom. The summed E-state index contributed by atoms with van der Waals surface area (Å²) >= 11 is 0. The van der Waals surface area contributed by atoms with Crippen molar-refractivity contribution in [2.45, 2.75) is 25.6 Å². The number of aliphatic hydroxyl groups excluding tert-OH is 1. The van der Waals surface area contributed by atoms with Crippen molar-refractivity contribution in [3.63, 3.8) is 0 Å². The van der Waals surface area contributed by atoms with Crippen LogP contribution in [0.15, 0.2) is 0 Å². The van der Waals surface area contributed by atoms with Crippen molar-refractivity contribution >= 4 is 0 Å². The number of rotatable bonds is 1. The highest BCUT2D eigenvalue weighted by Crippen LogP contribution is 2.44. The second kappa shape index (κ2) is 3.52. The third-order valence-electron chi connectivity index (χ3n) is 2.18. The average molecular weight is 160 g/mol. The van der Waals surface area contributed by atoms with Gasteiger partial charge in [-0.1, -0.05) is 0 Å². The maximum atomic E-state index is 7.00. The molecule has 0 spiro atoms. The summed E-state index contributed by atoms with van der Waals surface area (Å²) in [5.74, 6) is 0.500. The summed E-state index contributed by atoms with van der Waals surface area (Å²) in [6.07, 6.45) is 2.58. The Morgan fingerprint density at radius 1 is 1.18 bits per heavy atom. The minimum absolute atomic E-state index is 0.194. The van der Waals surface area contributed by atoms with Crippen molar-refractivity contribution < 1.29 is 14.6 Å². The highest BCUT2D eigenvalue weighted by atomic mass is 16.7. The largest absolute Gasteiger partial charge is 0.400 e. The van der Waals surface area contributed by atoms with Crippen molar-refractivity contribution in [3.05, 3.63) is 0 Å². The van der Waals surface area contributed by atoms with Crippen molar-refractivity contribution in [2.75, 3.05) is 20.3 Å². The normalized spacial score (nSPS) is 27.5. The highest BCUT2D eigenvalue weighted by molar-refractivity contribution is 4.87. The van der Waals surface area contributed by atoms with E-state index >= 15 is 0 Å². The molecule has 0 bridgehead atoms. The molecule has 1 N–H and O–H groups in total. The highest BCUT2D eigenvalue weighted by Gasteiger charge is 2.45. The number of hydrogen-bond donors (Lipinski definition) is 1. The molecule has 0 aromatic rings. The van der Waals surface area contributed by atoms with Gasteiger partial charge in [0.25, 0.3) is 0 Å². The van der Waals surface area contributed by atoms with Gasteiger partial charge in [0.15, 0.2) is 5.79 Å². The summed E-state index contributed by atoms with van der Waals surface area (Å²) in [5, 5.41) is 7.00. The standard InChI is InChI=1S/C7H12O2.CH4O/c1-7(6-2-3-6)8-4-5-9-7;1-2/h6H,2-5H2,1H3;2H,1H3. The predicted molar refractivity (Wildman–Crippen MR) is 41.2 cm³/mol. The summed E-state index contributed by atoms with van der Waals surface area (Å²) in [7, 11) is 1.00. The first kappa shape index (κ1) is 8.97. The molecule has 1 heterocycles. The fourth-order valence-electron chi connectivity index (χ4n) is 1.37. The Labute approximate surface area is 67.3 Å². The maximum Gasteiger partial charge on any atom is 0.168 e. The lowest BCUT2D eigenvalue weighted by molar-refractivity contribution is -0.157. The SMILES string of the molecule is CC1(C2CC2)OCCO1.CO. The Hall–Kier alpha value is -0.120. The number of aliphatic hydroxyl groups is 1. The zero-order valence-corrected chi connectivity index (χ0v) is 7.17. The first-order chi connectivity index (χ1) is 5.31. The molecule has 1 saturated heterocycles. The van der Waals surface area contributed by atoms with Gasteiger partial charge in [-0.3, -0.25) is 0 Å². The molecule has 3 nitrogen and oxygen atoms in total. The van der Waals surface area contributed by atoms with Gasteiger partial charge in [-0.25, -0.2) is 0 Å². The van der Waals surface area contributed by atoms with Crippen LogP contribution in [0.5, 0.6) is 0 Å². The number of hydrogen-bond acceptors (Lipinski definition) is 3. The average Bonchev–Trinajstić information content (AvgIpc) is 2.81. The number of ether oxygens (including phenoxy) is 2. The molecule has 66 valence electrons. The van der Waals surface area contributed by atoms with E-state index in [0.29, 0.717) is 5.92 Å². The van der Waals surface area contributed by atoms with E-state index in [1.807, 2.05) is 0 Å². The molecule has 0 amide bonds. The fraction of sp³-hybridized carbons (Fsp3) is 1.00. The molecule has 1 aliphatic carbocycles. The van der Waals surface area contributed by atoms with E-state index in [1.165, 1.54) is 12.8 Å². The summed E-state index contributed by atoms with van der Waals surface area (Å²) < 4.78 is 10.9.